The fourth-order valence-electron chi connectivity index (χ4n) is 3.09. The summed E-state index contributed by atoms with van der Waals surface area (Å²) in [6.07, 6.45) is 1.54. The van der Waals surface area contributed by atoms with Gasteiger partial charge >= 0.3 is 5.97 Å². The van der Waals surface area contributed by atoms with Crippen LogP contribution in [0.4, 0.5) is 0 Å². The SMILES string of the molecule is COC(=O)C1CC[NH+](CC(=O)NCc2ccc(OC)c(OC)c2)CC1. The molecular weight excluding hydrogens is 324 g/mol. The molecule has 1 aromatic rings. The summed E-state index contributed by atoms with van der Waals surface area (Å²) >= 11 is 0. The first-order valence-electron chi connectivity index (χ1n) is 8.46. The molecule has 1 heterocycles. The van der Waals surface area contributed by atoms with Gasteiger partial charge in [-0.2, -0.15) is 0 Å². The highest BCUT2D eigenvalue weighted by molar-refractivity contribution is 5.77. The third kappa shape index (κ3) is 5.35. The van der Waals surface area contributed by atoms with Crippen LogP contribution in [0.25, 0.3) is 0 Å². The van der Waals surface area contributed by atoms with Crippen molar-refractivity contribution in [1.82, 2.24) is 5.32 Å². The van der Waals surface area contributed by atoms with Gasteiger partial charge in [-0.3, -0.25) is 9.59 Å². The van der Waals surface area contributed by atoms with E-state index in [1.165, 1.54) is 12.0 Å². The van der Waals surface area contributed by atoms with Gasteiger partial charge < -0.3 is 24.4 Å². The number of piperidine rings is 1. The van der Waals surface area contributed by atoms with Gasteiger partial charge in [-0.25, -0.2) is 0 Å². The normalized spacial score (nSPS) is 19.8. The first kappa shape index (κ1) is 19.1. The summed E-state index contributed by atoms with van der Waals surface area (Å²) in [4.78, 5) is 24.9. The quantitative estimate of drug-likeness (QED) is 0.665. The van der Waals surface area contributed by atoms with Gasteiger partial charge in [-0.15, -0.1) is 0 Å². The maximum atomic E-state index is 12.2. The number of benzene rings is 1. The molecule has 0 atom stereocenters. The van der Waals surface area contributed by atoms with Crippen molar-refractivity contribution in [2.45, 2.75) is 19.4 Å². The lowest BCUT2D eigenvalue weighted by molar-refractivity contribution is -0.897. The van der Waals surface area contributed by atoms with Gasteiger partial charge in [-0.1, -0.05) is 6.07 Å². The van der Waals surface area contributed by atoms with Crippen molar-refractivity contribution >= 4 is 11.9 Å². The van der Waals surface area contributed by atoms with E-state index in [9.17, 15) is 9.59 Å². The van der Waals surface area contributed by atoms with Crippen LogP contribution in [-0.2, 0) is 20.9 Å². The molecule has 0 aliphatic carbocycles. The Morgan fingerprint density at radius 2 is 1.80 bits per heavy atom. The van der Waals surface area contributed by atoms with Gasteiger partial charge in [0.05, 0.1) is 40.3 Å². The van der Waals surface area contributed by atoms with Crippen molar-refractivity contribution in [2.75, 3.05) is 41.0 Å². The zero-order valence-corrected chi connectivity index (χ0v) is 15.1. The van der Waals surface area contributed by atoms with E-state index >= 15 is 0 Å². The molecule has 0 saturated carbocycles. The zero-order valence-electron chi connectivity index (χ0n) is 15.1. The number of ether oxygens (including phenoxy) is 3. The second kappa shape index (κ2) is 9.27. The number of likely N-dealkylation sites (tertiary alicyclic amines) is 1. The first-order chi connectivity index (χ1) is 12.1. The smallest absolute Gasteiger partial charge is 0.309 e. The molecule has 7 nitrogen and oxygen atoms in total. The van der Waals surface area contributed by atoms with Gasteiger partial charge in [0.15, 0.2) is 18.0 Å². The number of amides is 1. The predicted octanol–water partition coefficient (Wildman–Crippen LogP) is -0.212. The van der Waals surface area contributed by atoms with Crippen molar-refractivity contribution in [1.29, 1.82) is 0 Å². The number of hydrogen-bond donors (Lipinski definition) is 2. The third-order valence-corrected chi connectivity index (χ3v) is 4.58. The Bertz CT molecular complexity index is 597. The Hall–Kier alpha value is -2.28. The molecular formula is C18H27N2O5+. The molecule has 1 amide bonds. The van der Waals surface area contributed by atoms with Gasteiger partial charge in [0, 0.05) is 19.4 Å². The van der Waals surface area contributed by atoms with Crippen LogP contribution in [0.1, 0.15) is 18.4 Å². The largest absolute Gasteiger partial charge is 0.493 e. The Kier molecular flexibility index (Phi) is 7.06. The van der Waals surface area contributed by atoms with Gasteiger partial charge in [0.1, 0.15) is 0 Å². The van der Waals surface area contributed by atoms with E-state index in [-0.39, 0.29) is 17.8 Å². The molecule has 0 bridgehead atoms. The van der Waals surface area contributed by atoms with Crippen LogP contribution >= 0.6 is 0 Å². The number of carbonyl (C=O) groups excluding carboxylic acids is 2. The lowest BCUT2D eigenvalue weighted by atomic mass is 9.97. The Morgan fingerprint density at radius 3 is 2.40 bits per heavy atom. The maximum Gasteiger partial charge on any atom is 0.309 e. The minimum Gasteiger partial charge on any atom is -0.493 e. The van der Waals surface area contributed by atoms with Gasteiger partial charge in [0.25, 0.3) is 5.91 Å². The molecule has 1 aromatic carbocycles. The van der Waals surface area contributed by atoms with Crippen molar-refractivity contribution in [3.05, 3.63) is 23.8 Å². The van der Waals surface area contributed by atoms with Crippen LogP contribution in [0.2, 0.25) is 0 Å². The van der Waals surface area contributed by atoms with E-state index < -0.39 is 0 Å². The molecule has 25 heavy (non-hydrogen) atoms. The average molecular weight is 351 g/mol. The molecule has 1 fully saturated rings. The summed E-state index contributed by atoms with van der Waals surface area (Å²) in [6, 6.07) is 5.58. The molecule has 2 rings (SSSR count). The number of methoxy groups -OCH3 is 3. The fraction of sp³-hybridized carbons (Fsp3) is 0.556. The number of rotatable bonds is 7. The minimum absolute atomic E-state index is 0.00121. The molecule has 7 heteroatoms. The second-order valence-corrected chi connectivity index (χ2v) is 6.19. The third-order valence-electron chi connectivity index (χ3n) is 4.58. The van der Waals surface area contributed by atoms with Crippen LogP contribution in [0.5, 0.6) is 11.5 Å². The maximum absolute atomic E-state index is 12.2. The van der Waals surface area contributed by atoms with E-state index in [0.717, 1.165) is 31.5 Å². The average Bonchev–Trinajstić information content (AvgIpc) is 2.66. The minimum atomic E-state index is -0.142. The van der Waals surface area contributed by atoms with Crippen LogP contribution in [0.3, 0.4) is 0 Å². The molecule has 2 N–H and O–H groups in total. The highest BCUT2D eigenvalue weighted by atomic mass is 16.5. The van der Waals surface area contributed by atoms with Crippen LogP contribution in [0.15, 0.2) is 18.2 Å². The van der Waals surface area contributed by atoms with Crippen molar-refractivity contribution in [3.63, 3.8) is 0 Å². The van der Waals surface area contributed by atoms with E-state index in [2.05, 4.69) is 5.32 Å². The molecule has 1 aliphatic rings. The van der Waals surface area contributed by atoms with Crippen molar-refractivity contribution in [3.8, 4) is 11.5 Å². The molecule has 0 unspecified atom stereocenters. The second-order valence-electron chi connectivity index (χ2n) is 6.19. The van der Waals surface area contributed by atoms with E-state index in [0.29, 0.717) is 24.6 Å². The summed E-state index contributed by atoms with van der Waals surface area (Å²) in [7, 11) is 4.59. The molecule has 1 saturated heterocycles. The lowest BCUT2D eigenvalue weighted by Crippen LogP contribution is -3.14. The predicted molar refractivity (Wildman–Crippen MR) is 91.7 cm³/mol. The summed E-state index contributed by atoms with van der Waals surface area (Å²) in [5, 5.41) is 2.93. The summed E-state index contributed by atoms with van der Waals surface area (Å²) in [5.41, 5.74) is 0.949. The van der Waals surface area contributed by atoms with Crippen molar-refractivity contribution < 1.29 is 28.7 Å². The first-order valence-corrected chi connectivity index (χ1v) is 8.46. The fourth-order valence-corrected chi connectivity index (χ4v) is 3.09. The number of quaternary nitrogens is 1. The zero-order chi connectivity index (χ0) is 18.2. The molecule has 0 spiro atoms. The van der Waals surface area contributed by atoms with E-state index in [1.807, 2.05) is 18.2 Å². The highest BCUT2D eigenvalue weighted by Gasteiger charge is 2.28. The summed E-state index contributed by atoms with van der Waals surface area (Å²) in [6.45, 7) is 2.48. The topological polar surface area (TPSA) is 78.3 Å². The number of hydrogen-bond acceptors (Lipinski definition) is 5. The van der Waals surface area contributed by atoms with Gasteiger partial charge in [0.2, 0.25) is 0 Å². The van der Waals surface area contributed by atoms with E-state index in [4.69, 9.17) is 14.2 Å². The summed E-state index contributed by atoms with van der Waals surface area (Å²) in [5.74, 6) is 1.14. The summed E-state index contributed by atoms with van der Waals surface area (Å²) < 4.78 is 15.2. The molecule has 138 valence electrons. The van der Waals surface area contributed by atoms with Crippen molar-refractivity contribution in [2.24, 2.45) is 5.92 Å². The molecule has 1 aliphatic heterocycles. The standard InChI is InChI=1S/C18H26N2O5/c1-23-15-5-4-13(10-16(15)24-2)11-19-17(21)12-20-8-6-14(7-9-20)18(22)25-3/h4-5,10,14H,6-9,11-12H2,1-3H3,(H,19,21)/p+1. The monoisotopic (exact) mass is 351 g/mol. The Balaban J connectivity index is 1.77. The number of esters is 1. The number of nitrogens with one attached hydrogen (secondary N) is 2. The van der Waals surface area contributed by atoms with E-state index in [1.54, 1.807) is 14.2 Å². The van der Waals surface area contributed by atoms with Crippen LogP contribution < -0.4 is 19.7 Å². The lowest BCUT2D eigenvalue weighted by Gasteiger charge is -2.27. The molecule has 0 aromatic heterocycles. The number of carbonyl (C=O) groups is 2. The van der Waals surface area contributed by atoms with Crippen LogP contribution in [-0.4, -0.2) is 52.8 Å². The Morgan fingerprint density at radius 1 is 1.12 bits per heavy atom. The van der Waals surface area contributed by atoms with Crippen LogP contribution in [0, 0.1) is 5.92 Å². The molecule has 0 radical (unpaired) electrons. The Labute approximate surface area is 148 Å². The van der Waals surface area contributed by atoms with Gasteiger partial charge in [-0.05, 0) is 17.7 Å². The highest BCUT2D eigenvalue weighted by Crippen LogP contribution is 2.27.